The Morgan fingerprint density at radius 1 is 1.12 bits per heavy atom. The van der Waals surface area contributed by atoms with Crippen LogP contribution >= 0.6 is 11.6 Å². The van der Waals surface area contributed by atoms with Crippen LogP contribution in [0.3, 0.4) is 0 Å². The Balaban J connectivity index is 2.50. The van der Waals surface area contributed by atoms with Crippen LogP contribution < -0.4 is 10.5 Å². The summed E-state index contributed by atoms with van der Waals surface area (Å²) in [6.45, 7) is 0. The highest BCUT2D eigenvalue weighted by atomic mass is 35.5. The van der Waals surface area contributed by atoms with Crippen LogP contribution in [0.5, 0.6) is 5.75 Å². The Morgan fingerprint density at radius 3 is 2.50 bits per heavy atom. The van der Waals surface area contributed by atoms with E-state index in [2.05, 4.69) is 0 Å². The van der Waals surface area contributed by atoms with Crippen LogP contribution in [0.2, 0.25) is 5.02 Å². The quantitative estimate of drug-likeness (QED) is 0.805. The lowest BCUT2D eigenvalue weighted by molar-refractivity contribution is 0.417. The maximum Gasteiger partial charge on any atom is 0.141 e. The van der Waals surface area contributed by atoms with Crippen LogP contribution in [-0.4, -0.2) is 7.11 Å². The molecule has 0 aliphatic heterocycles. The number of halogens is 1. The van der Waals surface area contributed by atoms with Gasteiger partial charge in [0.2, 0.25) is 0 Å². The van der Waals surface area contributed by atoms with Crippen LogP contribution in [0.1, 0.15) is 0 Å². The molecule has 0 radical (unpaired) electrons. The SMILES string of the molecule is COc1ccc(-c2ccccc2Cl)cc1N. The molecule has 2 rings (SSSR count). The fourth-order valence-corrected chi connectivity index (χ4v) is 1.84. The molecule has 0 heterocycles. The zero-order valence-electron chi connectivity index (χ0n) is 8.91. The van der Waals surface area contributed by atoms with Crippen LogP contribution in [0.15, 0.2) is 42.5 Å². The second kappa shape index (κ2) is 4.45. The third-order valence-electron chi connectivity index (χ3n) is 2.41. The van der Waals surface area contributed by atoms with Crippen molar-refractivity contribution in [2.45, 2.75) is 0 Å². The van der Waals surface area contributed by atoms with E-state index in [1.54, 1.807) is 7.11 Å². The van der Waals surface area contributed by atoms with Gasteiger partial charge in [0.15, 0.2) is 0 Å². The molecule has 0 aliphatic carbocycles. The third-order valence-corrected chi connectivity index (χ3v) is 2.74. The predicted octanol–water partition coefficient (Wildman–Crippen LogP) is 3.60. The molecule has 0 amide bonds. The minimum Gasteiger partial charge on any atom is -0.495 e. The first-order valence-corrected chi connectivity index (χ1v) is 5.28. The summed E-state index contributed by atoms with van der Waals surface area (Å²) < 4.78 is 5.11. The molecule has 2 aromatic rings. The molecule has 3 heteroatoms. The summed E-state index contributed by atoms with van der Waals surface area (Å²) in [6, 6.07) is 13.3. The highest BCUT2D eigenvalue weighted by molar-refractivity contribution is 6.33. The van der Waals surface area contributed by atoms with E-state index in [0.717, 1.165) is 11.1 Å². The number of ether oxygens (including phenoxy) is 1. The molecule has 82 valence electrons. The molecule has 0 aromatic heterocycles. The number of rotatable bonds is 2. The molecule has 0 spiro atoms. The molecule has 0 saturated heterocycles. The predicted molar refractivity (Wildman–Crippen MR) is 67.9 cm³/mol. The molecule has 0 atom stereocenters. The molecule has 2 N–H and O–H groups in total. The van der Waals surface area contributed by atoms with Crippen LogP contribution in [0, 0.1) is 0 Å². The number of nitrogen functional groups attached to an aromatic ring is 1. The molecular weight excluding hydrogens is 222 g/mol. The first kappa shape index (κ1) is 10.8. The summed E-state index contributed by atoms with van der Waals surface area (Å²) in [7, 11) is 1.60. The van der Waals surface area contributed by atoms with E-state index in [-0.39, 0.29) is 0 Å². The van der Waals surface area contributed by atoms with Crippen molar-refractivity contribution in [2.75, 3.05) is 12.8 Å². The zero-order chi connectivity index (χ0) is 11.5. The van der Waals surface area contributed by atoms with Crippen molar-refractivity contribution in [2.24, 2.45) is 0 Å². The van der Waals surface area contributed by atoms with Crippen molar-refractivity contribution in [1.82, 2.24) is 0 Å². The van der Waals surface area contributed by atoms with Gasteiger partial charge in [0.25, 0.3) is 0 Å². The van der Waals surface area contributed by atoms with E-state index >= 15 is 0 Å². The molecular formula is C13H12ClNO. The first-order valence-electron chi connectivity index (χ1n) is 4.91. The van der Waals surface area contributed by atoms with E-state index in [0.29, 0.717) is 16.5 Å². The van der Waals surface area contributed by atoms with Gasteiger partial charge in [0.1, 0.15) is 5.75 Å². The lowest BCUT2D eigenvalue weighted by atomic mass is 10.0. The van der Waals surface area contributed by atoms with Crippen molar-refractivity contribution in [1.29, 1.82) is 0 Å². The van der Waals surface area contributed by atoms with Crippen LogP contribution in [-0.2, 0) is 0 Å². The average Bonchev–Trinajstić information content (AvgIpc) is 2.29. The van der Waals surface area contributed by atoms with Crippen molar-refractivity contribution in [3.63, 3.8) is 0 Å². The molecule has 0 bridgehead atoms. The highest BCUT2D eigenvalue weighted by Crippen LogP contribution is 2.32. The maximum absolute atomic E-state index is 6.11. The highest BCUT2D eigenvalue weighted by Gasteiger charge is 2.05. The van der Waals surface area contributed by atoms with Gasteiger partial charge < -0.3 is 10.5 Å². The minimum atomic E-state index is 0.611. The second-order valence-electron chi connectivity index (χ2n) is 3.44. The number of benzene rings is 2. The Labute approximate surface area is 99.6 Å². The van der Waals surface area contributed by atoms with Gasteiger partial charge in [-0.2, -0.15) is 0 Å². The standard InChI is InChI=1S/C13H12ClNO/c1-16-13-7-6-9(8-12(13)15)10-4-2-3-5-11(10)14/h2-8H,15H2,1H3. The van der Waals surface area contributed by atoms with Gasteiger partial charge in [-0.25, -0.2) is 0 Å². The smallest absolute Gasteiger partial charge is 0.141 e. The van der Waals surface area contributed by atoms with Gasteiger partial charge in [0, 0.05) is 10.6 Å². The third kappa shape index (κ3) is 1.97. The van der Waals surface area contributed by atoms with E-state index in [1.165, 1.54) is 0 Å². The summed E-state index contributed by atoms with van der Waals surface area (Å²) in [5, 5.41) is 0.715. The molecule has 2 aromatic carbocycles. The summed E-state index contributed by atoms with van der Waals surface area (Å²) in [5.41, 5.74) is 8.42. The van der Waals surface area contributed by atoms with Crippen molar-refractivity contribution in [3.05, 3.63) is 47.5 Å². The number of hydrogen-bond acceptors (Lipinski definition) is 2. The molecule has 0 unspecified atom stereocenters. The minimum absolute atomic E-state index is 0.611. The zero-order valence-corrected chi connectivity index (χ0v) is 9.66. The molecule has 0 fully saturated rings. The molecule has 0 saturated carbocycles. The Bertz CT molecular complexity index is 511. The largest absolute Gasteiger partial charge is 0.495 e. The number of methoxy groups -OCH3 is 1. The fraction of sp³-hybridized carbons (Fsp3) is 0.0769. The topological polar surface area (TPSA) is 35.2 Å². The van der Waals surface area contributed by atoms with Gasteiger partial charge in [-0.3, -0.25) is 0 Å². The van der Waals surface area contributed by atoms with Crippen LogP contribution in [0.4, 0.5) is 5.69 Å². The van der Waals surface area contributed by atoms with E-state index in [4.69, 9.17) is 22.1 Å². The Morgan fingerprint density at radius 2 is 1.88 bits per heavy atom. The monoisotopic (exact) mass is 233 g/mol. The van der Waals surface area contributed by atoms with Crippen molar-refractivity contribution >= 4 is 17.3 Å². The average molecular weight is 234 g/mol. The number of nitrogens with two attached hydrogens (primary N) is 1. The van der Waals surface area contributed by atoms with Gasteiger partial charge in [-0.1, -0.05) is 35.9 Å². The van der Waals surface area contributed by atoms with Crippen molar-refractivity contribution in [3.8, 4) is 16.9 Å². The summed E-state index contributed by atoms with van der Waals surface area (Å²) in [4.78, 5) is 0. The normalized spacial score (nSPS) is 10.1. The van der Waals surface area contributed by atoms with Gasteiger partial charge in [0.05, 0.1) is 12.8 Å². The fourth-order valence-electron chi connectivity index (χ4n) is 1.60. The molecule has 16 heavy (non-hydrogen) atoms. The maximum atomic E-state index is 6.11. The number of anilines is 1. The summed E-state index contributed by atoms with van der Waals surface area (Å²) in [6.07, 6.45) is 0. The molecule has 0 aliphatic rings. The van der Waals surface area contributed by atoms with Gasteiger partial charge in [-0.15, -0.1) is 0 Å². The van der Waals surface area contributed by atoms with Gasteiger partial charge in [-0.05, 0) is 23.8 Å². The van der Waals surface area contributed by atoms with Gasteiger partial charge >= 0.3 is 0 Å². The van der Waals surface area contributed by atoms with Crippen molar-refractivity contribution < 1.29 is 4.74 Å². The number of hydrogen-bond donors (Lipinski definition) is 1. The lowest BCUT2D eigenvalue weighted by Crippen LogP contribution is -1.92. The summed E-state index contributed by atoms with van der Waals surface area (Å²) >= 11 is 6.11. The Hall–Kier alpha value is -1.67. The Kier molecular flexibility index (Phi) is 3.02. The first-order chi connectivity index (χ1) is 7.72. The second-order valence-corrected chi connectivity index (χ2v) is 3.84. The lowest BCUT2D eigenvalue weighted by Gasteiger charge is -2.08. The van der Waals surface area contributed by atoms with Crippen LogP contribution in [0.25, 0.3) is 11.1 Å². The molecule has 2 nitrogen and oxygen atoms in total. The summed E-state index contributed by atoms with van der Waals surface area (Å²) in [5.74, 6) is 0.677. The van der Waals surface area contributed by atoms with E-state index in [1.807, 2.05) is 42.5 Å². The van der Waals surface area contributed by atoms with E-state index in [9.17, 15) is 0 Å². The van der Waals surface area contributed by atoms with E-state index < -0.39 is 0 Å².